The van der Waals surface area contributed by atoms with E-state index in [0.717, 1.165) is 28.0 Å². The number of nitrogens with zero attached hydrogens (tertiary/aromatic N) is 3. The molecule has 0 aliphatic heterocycles. The molecule has 4 rings (SSSR count). The summed E-state index contributed by atoms with van der Waals surface area (Å²) in [4.78, 5) is 21.8. The van der Waals surface area contributed by atoms with Crippen LogP contribution in [0.2, 0.25) is 0 Å². The molecule has 0 spiro atoms. The number of hydrogen-bond acceptors (Lipinski definition) is 3. The fourth-order valence-electron chi connectivity index (χ4n) is 3.65. The number of aryl methyl sites for hydroxylation is 2. The van der Waals surface area contributed by atoms with Crippen LogP contribution in [0.4, 0.5) is 0 Å². The molecule has 3 aromatic heterocycles. The summed E-state index contributed by atoms with van der Waals surface area (Å²) >= 11 is 5.89. The van der Waals surface area contributed by atoms with Crippen LogP contribution in [0.15, 0.2) is 67.1 Å². The summed E-state index contributed by atoms with van der Waals surface area (Å²) in [5, 5.41) is 3.21. The number of amides is 1. The second-order valence-corrected chi connectivity index (χ2v) is 7.26. The molecule has 1 amide bonds. The van der Waals surface area contributed by atoms with Crippen molar-refractivity contribution in [2.24, 2.45) is 0 Å². The molecule has 0 bridgehead atoms. The fraction of sp³-hybridized carbons (Fsp3) is 0.174. The van der Waals surface area contributed by atoms with Gasteiger partial charge >= 0.3 is 0 Å². The van der Waals surface area contributed by atoms with E-state index in [9.17, 15) is 4.79 Å². The summed E-state index contributed by atoms with van der Waals surface area (Å²) < 4.78 is 2.01. The molecule has 4 aromatic rings. The number of halogens is 1. The third-order valence-electron chi connectivity index (χ3n) is 5.06. The van der Waals surface area contributed by atoms with Crippen LogP contribution in [-0.4, -0.2) is 20.3 Å². The van der Waals surface area contributed by atoms with E-state index in [0.29, 0.717) is 11.3 Å². The second-order valence-electron chi connectivity index (χ2n) is 6.99. The van der Waals surface area contributed by atoms with Crippen molar-refractivity contribution in [2.75, 3.05) is 0 Å². The normalized spacial score (nSPS) is 12.1. The minimum absolute atomic E-state index is 0.183. The smallest absolute Gasteiger partial charge is 0.252 e. The molecule has 29 heavy (non-hydrogen) atoms. The van der Waals surface area contributed by atoms with Gasteiger partial charge in [-0.1, -0.05) is 24.3 Å². The van der Waals surface area contributed by atoms with Crippen molar-refractivity contribution in [3.63, 3.8) is 0 Å². The van der Waals surface area contributed by atoms with Gasteiger partial charge in [0.25, 0.3) is 5.91 Å². The van der Waals surface area contributed by atoms with Crippen molar-refractivity contribution < 1.29 is 4.79 Å². The van der Waals surface area contributed by atoms with Crippen LogP contribution in [0.5, 0.6) is 0 Å². The van der Waals surface area contributed by atoms with Crippen molar-refractivity contribution in [1.29, 1.82) is 0 Å². The first-order valence-corrected chi connectivity index (χ1v) is 9.92. The standard InChI is InChI=1S/C23H21ClN4O/c1-15-6-5-7-16(2)21(15)22(19-14-26-20-8-3-4-11-28(19)20)27-23(29)17-9-10-25-18(12-17)13-24/h3-12,14,22H,13H2,1-2H3,(H,27,29). The van der Waals surface area contributed by atoms with Crippen molar-refractivity contribution in [3.8, 4) is 0 Å². The van der Waals surface area contributed by atoms with E-state index in [-0.39, 0.29) is 17.8 Å². The molecular formula is C23H21ClN4O. The molecule has 0 fully saturated rings. The molecule has 0 saturated carbocycles. The summed E-state index contributed by atoms with van der Waals surface area (Å²) in [6.45, 7) is 4.12. The minimum atomic E-state index is -0.353. The predicted octanol–water partition coefficient (Wildman–Crippen LogP) is 4.60. The maximum atomic E-state index is 13.1. The average Bonchev–Trinajstić information content (AvgIpc) is 3.16. The van der Waals surface area contributed by atoms with Crippen LogP contribution in [-0.2, 0) is 5.88 Å². The lowest BCUT2D eigenvalue weighted by Gasteiger charge is -2.23. The van der Waals surface area contributed by atoms with Crippen molar-refractivity contribution in [2.45, 2.75) is 25.8 Å². The first-order chi connectivity index (χ1) is 14.1. The molecule has 0 aliphatic rings. The van der Waals surface area contributed by atoms with E-state index in [1.807, 2.05) is 41.1 Å². The Bertz CT molecular complexity index is 1160. The molecule has 0 aliphatic carbocycles. The lowest BCUT2D eigenvalue weighted by atomic mass is 9.94. The zero-order valence-corrected chi connectivity index (χ0v) is 17.0. The quantitative estimate of drug-likeness (QED) is 0.494. The maximum Gasteiger partial charge on any atom is 0.252 e. The minimum Gasteiger partial charge on any atom is -0.340 e. The number of nitrogens with one attached hydrogen (secondary N) is 1. The highest BCUT2D eigenvalue weighted by atomic mass is 35.5. The number of rotatable bonds is 5. The number of alkyl halides is 1. The van der Waals surface area contributed by atoms with Crippen molar-refractivity contribution in [1.82, 2.24) is 19.7 Å². The molecule has 146 valence electrons. The van der Waals surface area contributed by atoms with Gasteiger partial charge in [-0.25, -0.2) is 4.98 Å². The number of aromatic nitrogens is 3. The number of imidazole rings is 1. The maximum absolute atomic E-state index is 13.1. The van der Waals surface area contributed by atoms with Crippen molar-refractivity contribution >= 4 is 23.2 Å². The van der Waals surface area contributed by atoms with Gasteiger partial charge in [0.15, 0.2) is 0 Å². The summed E-state index contributed by atoms with van der Waals surface area (Å²) in [5.41, 5.74) is 6.21. The van der Waals surface area contributed by atoms with Gasteiger partial charge in [0.1, 0.15) is 5.65 Å². The summed E-state index contributed by atoms with van der Waals surface area (Å²) in [7, 11) is 0. The Kier molecular flexibility index (Phi) is 5.32. The zero-order chi connectivity index (χ0) is 20.4. The SMILES string of the molecule is Cc1cccc(C)c1C(NC(=O)c1ccnc(CCl)c1)c1cnc2ccccn12. The third-order valence-corrected chi connectivity index (χ3v) is 5.34. The largest absolute Gasteiger partial charge is 0.340 e. The van der Waals surface area contributed by atoms with Crippen LogP contribution < -0.4 is 5.32 Å². The molecule has 1 aromatic carbocycles. The third kappa shape index (κ3) is 3.74. The lowest BCUT2D eigenvalue weighted by Crippen LogP contribution is -2.31. The topological polar surface area (TPSA) is 59.3 Å². The Morgan fingerprint density at radius 2 is 1.90 bits per heavy atom. The molecule has 1 unspecified atom stereocenters. The average molecular weight is 405 g/mol. The number of hydrogen-bond donors (Lipinski definition) is 1. The Morgan fingerprint density at radius 1 is 1.10 bits per heavy atom. The van der Waals surface area contributed by atoms with Gasteiger partial charge in [0.2, 0.25) is 0 Å². The highest BCUT2D eigenvalue weighted by Crippen LogP contribution is 2.29. The van der Waals surface area contributed by atoms with Crippen LogP contribution in [0.25, 0.3) is 5.65 Å². The zero-order valence-electron chi connectivity index (χ0n) is 16.3. The van der Waals surface area contributed by atoms with Gasteiger partial charge in [-0.3, -0.25) is 9.78 Å². The van der Waals surface area contributed by atoms with E-state index >= 15 is 0 Å². The van der Waals surface area contributed by atoms with Gasteiger partial charge in [-0.15, -0.1) is 11.6 Å². The molecule has 3 heterocycles. The first-order valence-electron chi connectivity index (χ1n) is 9.38. The summed E-state index contributed by atoms with van der Waals surface area (Å²) in [5.74, 6) is 0.0756. The fourth-order valence-corrected chi connectivity index (χ4v) is 3.80. The van der Waals surface area contributed by atoms with Crippen LogP contribution in [0, 0.1) is 13.8 Å². The monoisotopic (exact) mass is 404 g/mol. The molecule has 0 saturated heterocycles. The van der Waals surface area contributed by atoms with Gasteiger partial charge in [0.05, 0.1) is 29.5 Å². The van der Waals surface area contributed by atoms with E-state index in [1.54, 1.807) is 18.3 Å². The van der Waals surface area contributed by atoms with E-state index < -0.39 is 0 Å². The lowest BCUT2D eigenvalue weighted by molar-refractivity contribution is 0.0942. The van der Waals surface area contributed by atoms with Crippen LogP contribution in [0.3, 0.4) is 0 Å². The van der Waals surface area contributed by atoms with E-state index in [4.69, 9.17) is 11.6 Å². The van der Waals surface area contributed by atoms with E-state index in [1.165, 1.54) is 0 Å². The number of benzene rings is 1. The van der Waals surface area contributed by atoms with Crippen LogP contribution >= 0.6 is 11.6 Å². The molecule has 5 nitrogen and oxygen atoms in total. The Morgan fingerprint density at radius 3 is 2.66 bits per heavy atom. The second kappa shape index (κ2) is 8.05. The summed E-state index contributed by atoms with van der Waals surface area (Å²) in [6, 6.07) is 15.1. The number of carbonyl (C=O) groups excluding carboxylic acids is 1. The Labute approximate surface area is 174 Å². The number of fused-ring (bicyclic) bond motifs is 1. The molecule has 1 atom stereocenters. The molecule has 6 heteroatoms. The molecule has 0 radical (unpaired) electrons. The van der Waals surface area contributed by atoms with E-state index in [2.05, 4.69) is 41.3 Å². The van der Waals surface area contributed by atoms with Gasteiger partial charge < -0.3 is 9.72 Å². The Hall–Kier alpha value is -3.18. The van der Waals surface area contributed by atoms with Gasteiger partial charge in [-0.05, 0) is 54.8 Å². The van der Waals surface area contributed by atoms with Gasteiger partial charge in [-0.2, -0.15) is 0 Å². The molecular weight excluding hydrogens is 384 g/mol. The highest BCUT2D eigenvalue weighted by molar-refractivity contribution is 6.17. The first kappa shape index (κ1) is 19.2. The number of carbonyl (C=O) groups is 1. The number of pyridine rings is 2. The predicted molar refractivity (Wildman–Crippen MR) is 114 cm³/mol. The van der Waals surface area contributed by atoms with Crippen molar-refractivity contribution in [3.05, 3.63) is 101 Å². The molecule has 1 N–H and O–H groups in total. The highest BCUT2D eigenvalue weighted by Gasteiger charge is 2.24. The van der Waals surface area contributed by atoms with Crippen LogP contribution in [0.1, 0.15) is 44.5 Å². The Balaban J connectivity index is 1.81. The summed E-state index contributed by atoms with van der Waals surface area (Å²) in [6.07, 6.45) is 5.39. The van der Waals surface area contributed by atoms with Gasteiger partial charge in [0, 0.05) is 18.0 Å².